The van der Waals surface area contributed by atoms with Gasteiger partial charge in [-0.05, 0) is 17.0 Å². The summed E-state index contributed by atoms with van der Waals surface area (Å²) in [4.78, 5) is 10.8. The minimum atomic E-state index is -4.50. The highest BCUT2D eigenvalue weighted by Gasteiger charge is 2.60. The number of rotatable bonds is 1. The van der Waals surface area contributed by atoms with E-state index in [-0.39, 0.29) is 0 Å². The van der Waals surface area contributed by atoms with Crippen molar-refractivity contribution in [3.63, 3.8) is 0 Å². The van der Waals surface area contributed by atoms with Crippen molar-refractivity contribution in [3.05, 3.63) is 0 Å². The monoisotopic (exact) mass is 224 g/mol. The first-order valence-electron chi connectivity index (χ1n) is 3.95. The fourth-order valence-corrected chi connectivity index (χ4v) is 1.90. The van der Waals surface area contributed by atoms with Crippen LogP contribution in [-0.4, -0.2) is 11.4 Å². The molecule has 1 fully saturated rings. The lowest BCUT2D eigenvalue weighted by Gasteiger charge is -1.95. The number of hydrogen-bond donors (Lipinski definition) is 0. The van der Waals surface area contributed by atoms with Gasteiger partial charge >= 0.3 is 6.18 Å². The van der Waals surface area contributed by atoms with Gasteiger partial charge in [0.15, 0.2) is 0 Å². The second-order valence-corrected chi connectivity index (χ2v) is 4.22. The number of halogens is 4. The van der Waals surface area contributed by atoms with Crippen LogP contribution in [-0.2, 0) is 4.79 Å². The molecule has 0 saturated heterocycles. The zero-order chi connectivity index (χ0) is 11.1. The summed E-state index contributed by atoms with van der Waals surface area (Å²) in [5, 5.41) is -0.614. The molecule has 1 aliphatic rings. The van der Waals surface area contributed by atoms with Gasteiger partial charge in [0.2, 0.25) is 5.24 Å². The van der Waals surface area contributed by atoms with Gasteiger partial charge < -0.3 is 0 Å². The molecule has 0 aliphatic heterocycles. The quantitative estimate of drug-likeness (QED) is 0.494. The maximum Gasteiger partial charge on any atom is 0.457 e. The normalized spacial score (nSPS) is 29.0. The maximum atomic E-state index is 11.7. The molecule has 0 radical (unpaired) electrons. The minimum absolute atomic E-state index is 0.531. The van der Waals surface area contributed by atoms with Crippen LogP contribution < -0.4 is 0 Å². The summed E-state index contributed by atoms with van der Waals surface area (Å²) < 4.78 is 35.2. The molecule has 5 heteroatoms. The van der Waals surface area contributed by atoms with E-state index in [9.17, 15) is 18.0 Å². The highest BCUT2D eigenvalue weighted by Crippen LogP contribution is 2.58. The van der Waals surface area contributed by atoms with Crippen molar-refractivity contribution >= 4 is 16.8 Å². The second-order valence-electron chi connectivity index (χ2n) is 3.85. The van der Waals surface area contributed by atoms with Gasteiger partial charge in [-0.2, -0.15) is 13.2 Å². The van der Waals surface area contributed by atoms with Crippen molar-refractivity contribution in [2.24, 2.45) is 17.3 Å². The Balaban J connectivity index is 2.74. The van der Waals surface area contributed by atoms with Crippen LogP contribution in [0.1, 0.15) is 13.8 Å². The van der Waals surface area contributed by atoms with Gasteiger partial charge in [0.05, 0.1) is 5.92 Å². The van der Waals surface area contributed by atoms with Gasteiger partial charge in [-0.25, -0.2) is 0 Å². The van der Waals surface area contributed by atoms with Crippen LogP contribution in [0, 0.1) is 29.1 Å². The largest absolute Gasteiger partial charge is 0.457 e. The maximum absolute atomic E-state index is 11.7. The zero-order valence-corrected chi connectivity index (χ0v) is 8.33. The van der Waals surface area contributed by atoms with E-state index in [2.05, 4.69) is 0 Å². The molecule has 0 aromatic rings. The molecule has 2 atom stereocenters. The first kappa shape index (κ1) is 11.4. The predicted molar refractivity (Wildman–Crippen MR) is 45.5 cm³/mol. The van der Waals surface area contributed by atoms with E-state index >= 15 is 0 Å². The summed E-state index contributed by atoms with van der Waals surface area (Å²) in [6.07, 6.45) is -4.50. The summed E-state index contributed by atoms with van der Waals surface area (Å²) in [7, 11) is 0. The van der Waals surface area contributed by atoms with E-state index in [4.69, 9.17) is 11.6 Å². The van der Waals surface area contributed by atoms with E-state index < -0.39 is 28.7 Å². The van der Waals surface area contributed by atoms with Crippen molar-refractivity contribution in [2.75, 3.05) is 0 Å². The Morgan fingerprint density at radius 1 is 1.43 bits per heavy atom. The first-order chi connectivity index (χ1) is 6.16. The highest BCUT2D eigenvalue weighted by atomic mass is 35.5. The molecule has 1 saturated carbocycles. The molecule has 0 aromatic carbocycles. The average Bonchev–Trinajstić information content (AvgIpc) is 2.47. The Morgan fingerprint density at radius 2 is 1.93 bits per heavy atom. The van der Waals surface area contributed by atoms with E-state index in [0.717, 1.165) is 5.92 Å². The summed E-state index contributed by atoms with van der Waals surface area (Å²) >= 11 is 5.22. The van der Waals surface area contributed by atoms with E-state index in [1.807, 2.05) is 5.92 Å². The molecule has 2 unspecified atom stereocenters. The lowest BCUT2D eigenvalue weighted by molar-refractivity contribution is -0.113. The number of carbonyl (C=O) groups excluding carboxylic acids is 1. The lowest BCUT2D eigenvalue weighted by atomic mass is 10.1. The SMILES string of the molecule is CC1(C)C(C#CC(F)(F)F)C1C(=O)Cl. The third kappa shape index (κ3) is 2.21. The Hall–Kier alpha value is -0.690. The summed E-state index contributed by atoms with van der Waals surface area (Å²) in [6.45, 7) is 3.35. The standard InChI is InChI=1S/C9H8ClF3O/c1-8(2)5(6(8)7(10)14)3-4-9(11,12)13/h5-6H,1-2H3. The number of hydrogen-bond acceptors (Lipinski definition) is 1. The molecule has 0 spiro atoms. The van der Waals surface area contributed by atoms with Crippen LogP contribution >= 0.6 is 11.6 Å². The van der Waals surface area contributed by atoms with Crippen LogP contribution in [0.2, 0.25) is 0 Å². The molecule has 0 amide bonds. The molecule has 1 aliphatic carbocycles. The summed E-state index contributed by atoms with van der Waals surface area (Å²) in [6, 6.07) is 0. The Kier molecular flexibility index (Phi) is 2.57. The molecule has 1 nitrogen and oxygen atoms in total. The average molecular weight is 225 g/mol. The van der Waals surface area contributed by atoms with Crippen LogP contribution in [0.5, 0.6) is 0 Å². The summed E-state index contributed by atoms with van der Waals surface area (Å²) in [5.41, 5.74) is -0.531. The van der Waals surface area contributed by atoms with Gasteiger partial charge in [0.25, 0.3) is 0 Å². The predicted octanol–water partition coefficient (Wildman–Crippen LogP) is 2.59. The fourth-order valence-electron chi connectivity index (χ4n) is 1.49. The molecular weight excluding hydrogens is 217 g/mol. The van der Waals surface area contributed by atoms with Gasteiger partial charge in [-0.15, -0.1) is 0 Å². The van der Waals surface area contributed by atoms with Crippen molar-refractivity contribution in [1.29, 1.82) is 0 Å². The first-order valence-corrected chi connectivity index (χ1v) is 4.33. The Morgan fingerprint density at radius 3 is 2.21 bits per heavy atom. The third-order valence-electron chi connectivity index (χ3n) is 2.44. The van der Waals surface area contributed by atoms with Crippen molar-refractivity contribution < 1.29 is 18.0 Å². The molecule has 1 rings (SSSR count). The van der Waals surface area contributed by atoms with Crippen LogP contribution in [0.15, 0.2) is 0 Å². The van der Waals surface area contributed by atoms with E-state index in [1.54, 1.807) is 13.8 Å². The highest BCUT2D eigenvalue weighted by molar-refractivity contribution is 6.64. The van der Waals surface area contributed by atoms with Gasteiger partial charge in [0.1, 0.15) is 0 Å². The van der Waals surface area contributed by atoms with Gasteiger partial charge in [-0.3, -0.25) is 4.79 Å². The molecular formula is C9H8ClF3O. The molecule has 0 bridgehead atoms. The van der Waals surface area contributed by atoms with Gasteiger partial charge in [0, 0.05) is 11.8 Å². The van der Waals surface area contributed by atoms with Gasteiger partial charge in [-0.1, -0.05) is 19.8 Å². The third-order valence-corrected chi connectivity index (χ3v) is 2.68. The Labute approximate surface area is 84.6 Å². The smallest absolute Gasteiger partial charge is 0.281 e. The van der Waals surface area contributed by atoms with Crippen molar-refractivity contribution in [3.8, 4) is 11.8 Å². The molecule has 0 heterocycles. The molecule has 14 heavy (non-hydrogen) atoms. The van der Waals surface area contributed by atoms with E-state index in [1.165, 1.54) is 0 Å². The van der Waals surface area contributed by atoms with E-state index in [0.29, 0.717) is 0 Å². The molecule has 78 valence electrons. The molecule has 0 N–H and O–H groups in total. The lowest BCUT2D eigenvalue weighted by Crippen LogP contribution is -2.02. The minimum Gasteiger partial charge on any atom is -0.281 e. The number of carbonyl (C=O) groups is 1. The van der Waals surface area contributed by atoms with Crippen molar-refractivity contribution in [1.82, 2.24) is 0 Å². The topological polar surface area (TPSA) is 17.1 Å². The fraction of sp³-hybridized carbons (Fsp3) is 0.667. The second kappa shape index (κ2) is 3.16. The van der Waals surface area contributed by atoms with Crippen LogP contribution in [0.3, 0.4) is 0 Å². The summed E-state index contributed by atoms with van der Waals surface area (Å²) in [5.74, 6) is 2.06. The number of alkyl halides is 3. The van der Waals surface area contributed by atoms with Crippen LogP contribution in [0.25, 0.3) is 0 Å². The Bertz CT molecular complexity index is 321. The zero-order valence-electron chi connectivity index (χ0n) is 7.57. The van der Waals surface area contributed by atoms with Crippen molar-refractivity contribution in [2.45, 2.75) is 20.0 Å². The molecule has 0 aromatic heterocycles. The van der Waals surface area contributed by atoms with Crippen LogP contribution in [0.4, 0.5) is 13.2 Å².